The van der Waals surface area contributed by atoms with E-state index in [9.17, 15) is 5.11 Å². The average Bonchev–Trinajstić information content (AvgIpc) is 2.86. The van der Waals surface area contributed by atoms with Crippen LogP contribution in [0.4, 0.5) is 0 Å². The van der Waals surface area contributed by atoms with Gasteiger partial charge in [-0.2, -0.15) is 0 Å². The van der Waals surface area contributed by atoms with Crippen molar-refractivity contribution < 1.29 is 5.11 Å². The maximum Gasteiger partial charge on any atom is 0.131 e. The van der Waals surface area contributed by atoms with Crippen LogP contribution in [0.15, 0.2) is 18.6 Å². The van der Waals surface area contributed by atoms with Crippen LogP contribution in [0.2, 0.25) is 0 Å². The van der Waals surface area contributed by atoms with E-state index < -0.39 is 0 Å². The molecule has 0 saturated heterocycles. The van der Waals surface area contributed by atoms with E-state index in [0.29, 0.717) is 5.69 Å². The van der Waals surface area contributed by atoms with Gasteiger partial charge in [-0.3, -0.25) is 0 Å². The smallest absolute Gasteiger partial charge is 0.131 e. The predicted molar refractivity (Wildman–Crippen MR) is 73.2 cm³/mol. The minimum Gasteiger partial charge on any atom is -0.390 e. The first kappa shape index (κ1) is 13.7. The zero-order valence-electron chi connectivity index (χ0n) is 11.7. The van der Waals surface area contributed by atoms with Gasteiger partial charge >= 0.3 is 0 Å². The number of hydrogen-bond acceptors (Lipinski definition) is 4. The average molecular weight is 260 g/mol. The van der Waals surface area contributed by atoms with Gasteiger partial charge in [0.25, 0.3) is 0 Å². The van der Waals surface area contributed by atoms with Crippen LogP contribution in [0.25, 0.3) is 5.69 Å². The second kappa shape index (κ2) is 5.93. The van der Waals surface area contributed by atoms with Crippen molar-refractivity contribution in [2.45, 2.75) is 46.1 Å². The normalized spacial score (nSPS) is 11.2. The molecule has 1 N–H and O–H groups in total. The number of aryl methyl sites for hydroxylation is 1. The Morgan fingerprint density at radius 1 is 1.32 bits per heavy atom. The van der Waals surface area contributed by atoms with Gasteiger partial charge in [0.2, 0.25) is 0 Å². The zero-order valence-corrected chi connectivity index (χ0v) is 11.7. The lowest BCUT2D eigenvalue weighted by Crippen LogP contribution is -2.09. The molecule has 0 atom stereocenters. The van der Waals surface area contributed by atoms with Crippen LogP contribution in [0.5, 0.6) is 0 Å². The van der Waals surface area contributed by atoms with Crippen LogP contribution in [0.3, 0.4) is 0 Å². The van der Waals surface area contributed by atoms with E-state index in [0.717, 1.165) is 30.2 Å². The van der Waals surface area contributed by atoms with Gasteiger partial charge in [-0.15, -0.1) is 0 Å². The third-order valence-corrected chi connectivity index (χ3v) is 2.98. The van der Waals surface area contributed by atoms with Gasteiger partial charge in [0, 0.05) is 24.7 Å². The molecule has 0 spiro atoms. The molecular formula is C14H20N4O. The van der Waals surface area contributed by atoms with Crippen LogP contribution < -0.4 is 0 Å². The number of aliphatic hydroxyl groups is 1. The summed E-state index contributed by atoms with van der Waals surface area (Å²) in [6.07, 6.45) is 7.34. The fourth-order valence-corrected chi connectivity index (χ4v) is 1.98. The van der Waals surface area contributed by atoms with E-state index in [1.807, 2.05) is 24.6 Å². The molecule has 0 aliphatic rings. The van der Waals surface area contributed by atoms with Gasteiger partial charge in [-0.25, -0.2) is 15.0 Å². The van der Waals surface area contributed by atoms with Crippen LogP contribution in [0.1, 0.15) is 50.5 Å². The number of hydrogen-bond donors (Lipinski definition) is 1. The molecule has 2 rings (SSSR count). The lowest BCUT2D eigenvalue weighted by molar-refractivity contribution is 0.275. The quantitative estimate of drug-likeness (QED) is 0.895. The molecule has 0 bridgehead atoms. The summed E-state index contributed by atoms with van der Waals surface area (Å²) in [7, 11) is 0. The highest BCUT2D eigenvalue weighted by molar-refractivity contribution is 5.36. The van der Waals surface area contributed by atoms with E-state index >= 15 is 0 Å². The van der Waals surface area contributed by atoms with Crippen molar-refractivity contribution >= 4 is 0 Å². The number of aromatic nitrogens is 4. The van der Waals surface area contributed by atoms with Crippen molar-refractivity contribution in [2.75, 3.05) is 0 Å². The summed E-state index contributed by atoms with van der Waals surface area (Å²) in [6, 6.07) is 0. The van der Waals surface area contributed by atoms with Gasteiger partial charge in [0.15, 0.2) is 0 Å². The van der Waals surface area contributed by atoms with Crippen LogP contribution >= 0.6 is 0 Å². The first-order valence-electron chi connectivity index (χ1n) is 6.66. The second-order valence-electron chi connectivity index (χ2n) is 4.84. The molecule has 0 aliphatic heterocycles. The van der Waals surface area contributed by atoms with Crippen LogP contribution in [0, 0.1) is 0 Å². The van der Waals surface area contributed by atoms with Crippen LogP contribution in [-0.4, -0.2) is 24.6 Å². The molecule has 0 unspecified atom stereocenters. The highest BCUT2D eigenvalue weighted by atomic mass is 16.3. The molecule has 0 aromatic carbocycles. The fraction of sp³-hybridized carbons (Fsp3) is 0.500. The maximum absolute atomic E-state index is 9.52. The Morgan fingerprint density at radius 3 is 2.74 bits per heavy atom. The Morgan fingerprint density at radius 2 is 2.11 bits per heavy atom. The summed E-state index contributed by atoms with van der Waals surface area (Å²) in [5.74, 6) is 1.97. The third kappa shape index (κ3) is 2.81. The van der Waals surface area contributed by atoms with Gasteiger partial charge < -0.3 is 9.67 Å². The Kier molecular flexibility index (Phi) is 4.27. The lowest BCUT2D eigenvalue weighted by atomic mass is 10.2. The molecule has 5 nitrogen and oxygen atoms in total. The predicted octanol–water partition coefficient (Wildman–Crippen LogP) is 2.23. The number of nitrogens with zero attached hydrogens (tertiary/aromatic N) is 4. The molecule has 5 heteroatoms. The van der Waals surface area contributed by atoms with Crippen molar-refractivity contribution in [2.24, 2.45) is 0 Å². The summed E-state index contributed by atoms with van der Waals surface area (Å²) in [5, 5.41) is 9.52. The van der Waals surface area contributed by atoms with E-state index in [1.165, 1.54) is 0 Å². The number of imidazole rings is 1. The van der Waals surface area contributed by atoms with E-state index in [2.05, 4.69) is 21.9 Å². The molecule has 0 amide bonds. The summed E-state index contributed by atoms with van der Waals surface area (Å²) >= 11 is 0. The first-order valence-corrected chi connectivity index (χ1v) is 6.66. The Balaban J connectivity index is 2.46. The highest BCUT2D eigenvalue weighted by Gasteiger charge is 2.12. The lowest BCUT2D eigenvalue weighted by Gasteiger charge is -2.12. The molecular weight excluding hydrogens is 240 g/mol. The highest BCUT2D eigenvalue weighted by Crippen LogP contribution is 2.18. The Labute approximate surface area is 113 Å². The molecule has 0 radical (unpaired) electrons. The summed E-state index contributed by atoms with van der Waals surface area (Å²) in [6.45, 7) is 6.09. The number of aliphatic hydroxyl groups excluding tert-OH is 1. The molecule has 102 valence electrons. The van der Waals surface area contributed by atoms with Gasteiger partial charge in [-0.1, -0.05) is 20.8 Å². The molecule has 19 heavy (non-hydrogen) atoms. The maximum atomic E-state index is 9.52. The molecule has 2 aromatic heterocycles. The summed E-state index contributed by atoms with van der Waals surface area (Å²) < 4.78 is 1.96. The largest absolute Gasteiger partial charge is 0.390 e. The van der Waals surface area contributed by atoms with Gasteiger partial charge in [0.1, 0.15) is 11.6 Å². The third-order valence-electron chi connectivity index (χ3n) is 2.98. The fourth-order valence-electron chi connectivity index (χ4n) is 1.98. The number of rotatable bonds is 5. The Bertz CT molecular complexity index is 548. The molecule has 2 heterocycles. The van der Waals surface area contributed by atoms with E-state index in [4.69, 9.17) is 0 Å². The van der Waals surface area contributed by atoms with Gasteiger partial charge in [-0.05, 0) is 6.42 Å². The second-order valence-corrected chi connectivity index (χ2v) is 4.84. The molecule has 0 fully saturated rings. The zero-order chi connectivity index (χ0) is 13.8. The van der Waals surface area contributed by atoms with Gasteiger partial charge in [0.05, 0.1) is 24.2 Å². The van der Waals surface area contributed by atoms with Crippen molar-refractivity contribution in [3.05, 3.63) is 35.9 Å². The SMILES string of the molecule is CCCc1nccn1-c1cnc(C(C)C)nc1CO. The molecule has 2 aromatic rings. The van der Waals surface area contributed by atoms with E-state index in [1.54, 1.807) is 12.4 Å². The molecule has 0 aliphatic carbocycles. The molecule has 0 saturated carbocycles. The van der Waals surface area contributed by atoms with E-state index in [-0.39, 0.29) is 12.5 Å². The summed E-state index contributed by atoms with van der Waals surface area (Å²) in [5.41, 5.74) is 1.46. The van der Waals surface area contributed by atoms with Crippen LogP contribution in [-0.2, 0) is 13.0 Å². The van der Waals surface area contributed by atoms with Crippen molar-refractivity contribution in [1.82, 2.24) is 19.5 Å². The van der Waals surface area contributed by atoms with Crippen molar-refractivity contribution in [1.29, 1.82) is 0 Å². The first-order chi connectivity index (χ1) is 9.17. The standard InChI is InChI=1S/C14H20N4O/c1-4-5-13-15-6-7-18(13)12-8-16-14(10(2)3)17-11(12)9-19/h6-8,10,19H,4-5,9H2,1-3H3. The Hall–Kier alpha value is -1.75. The monoisotopic (exact) mass is 260 g/mol. The topological polar surface area (TPSA) is 63.8 Å². The summed E-state index contributed by atoms with van der Waals surface area (Å²) in [4.78, 5) is 13.2. The minimum absolute atomic E-state index is 0.0959. The van der Waals surface area contributed by atoms with Crippen molar-refractivity contribution in [3.63, 3.8) is 0 Å². The minimum atomic E-state index is -0.0959. The van der Waals surface area contributed by atoms with Crippen molar-refractivity contribution in [3.8, 4) is 5.69 Å².